The van der Waals surface area contributed by atoms with Crippen LogP contribution in [0.3, 0.4) is 0 Å². The molecule has 1 saturated heterocycles. The lowest BCUT2D eigenvalue weighted by Crippen LogP contribution is -2.28. The second kappa shape index (κ2) is 10.1. The molecule has 0 saturated carbocycles. The van der Waals surface area contributed by atoms with Crippen molar-refractivity contribution in [2.24, 2.45) is 4.99 Å². The fourth-order valence-corrected chi connectivity index (χ4v) is 5.57. The van der Waals surface area contributed by atoms with E-state index in [9.17, 15) is 4.79 Å². The molecule has 0 aliphatic carbocycles. The lowest BCUT2D eigenvalue weighted by molar-refractivity contribution is -0.122. The molecule has 1 aliphatic heterocycles. The minimum Gasteiger partial charge on any atom is -0.486 e. The number of hydrogen-bond donors (Lipinski definition) is 0. The van der Waals surface area contributed by atoms with Crippen molar-refractivity contribution in [2.75, 3.05) is 13.1 Å². The molecule has 164 valence electrons. The van der Waals surface area contributed by atoms with Crippen molar-refractivity contribution in [1.29, 1.82) is 0 Å². The molecule has 3 aromatic carbocycles. The van der Waals surface area contributed by atoms with E-state index < -0.39 is 0 Å². The van der Waals surface area contributed by atoms with Crippen LogP contribution in [0.2, 0.25) is 5.02 Å². The maximum absolute atomic E-state index is 12.7. The van der Waals surface area contributed by atoms with Crippen molar-refractivity contribution in [1.82, 2.24) is 4.90 Å². The van der Waals surface area contributed by atoms with Gasteiger partial charge in [-0.1, -0.05) is 48.0 Å². The van der Waals surface area contributed by atoms with Crippen LogP contribution in [0, 0.1) is 0 Å². The maximum atomic E-state index is 12.7. The van der Waals surface area contributed by atoms with E-state index in [1.165, 1.54) is 22.5 Å². The highest BCUT2D eigenvalue weighted by molar-refractivity contribution is 9.10. The van der Waals surface area contributed by atoms with E-state index >= 15 is 0 Å². The van der Waals surface area contributed by atoms with Gasteiger partial charge in [0, 0.05) is 13.1 Å². The number of halogens is 2. The second-order valence-corrected chi connectivity index (χ2v) is 9.47. The Balaban J connectivity index is 1.53. The Morgan fingerprint density at radius 3 is 2.62 bits per heavy atom. The van der Waals surface area contributed by atoms with Crippen LogP contribution in [-0.4, -0.2) is 29.1 Å². The highest BCUT2D eigenvalue weighted by Crippen LogP contribution is 2.38. The number of hydrogen-bond acceptors (Lipinski definition) is 4. The number of benzene rings is 3. The lowest BCUT2D eigenvalue weighted by atomic mass is 10.1. The first-order valence-corrected chi connectivity index (χ1v) is 12.3. The van der Waals surface area contributed by atoms with Crippen LogP contribution in [0.15, 0.2) is 69.0 Å². The molecule has 1 aliphatic rings. The SMILES string of the molecule is CCN=C1S/C(=C\c2cc(Cl)c(OCc3ccc4ccccc4c3)c(Br)c2)C(=O)N1CC. The van der Waals surface area contributed by atoms with Crippen LogP contribution < -0.4 is 4.74 Å². The third-order valence-corrected chi connectivity index (χ3v) is 6.93. The summed E-state index contributed by atoms with van der Waals surface area (Å²) in [5.41, 5.74) is 1.89. The smallest absolute Gasteiger partial charge is 0.266 e. The molecule has 1 fully saturated rings. The van der Waals surface area contributed by atoms with Gasteiger partial charge in [0.25, 0.3) is 5.91 Å². The summed E-state index contributed by atoms with van der Waals surface area (Å²) < 4.78 is 6.77. The number of fused-ring (bicyclic) bond motifs is 1. The summed E-state index contributed by atoms with van der Waals surface area (Å²) in [4.78, 5) is 19.5. The molecule has 1 heterocycles. The molecule has 7 heteroatoms. The topological polar surface area (TPSA) is 41.9 Å². The molecule has 0 aromatic heterocycles. The first-order valence-electron chi connectivity index (χ1n) is 10.4. The van der Waals surface area contributed by atoms with Gasteiger partial charge >= 0.3 is 0 Å². The third-order valence-electron chi connectivity index (χ3n) is 5.01. The Morgan fingerprint density at radius 2 is 1.91 bits per heavy atom. The van der Waals surface area contributed by atoms with Crippen molar-refractivity contribution < 1.29 is 9.53 Å². The monoisotopic (exact) mass is 528 g/mol. The van der Waals surface area contributed by atoms with E-state index in [0.717, 1.165) is 20.8 Å². The summed E-state index contributed by atoms with van der Waals surface area (Å²) in [6.45, 7) is 5.54. The van der Waals surface area contributed by atoms with Gasteiger partial charge in [-0.2, -0.15) is 0 Å². The number of likely N-dealkylation sites (N-methyl/N-ethyl adjacent to an activating group) is 1. The Kier molecular flexibility index (Phi) is 7.23. The molecule has 0 N–H and O–H groups in total. The summed E-state index contributed by atoms with van der Waals surface area (Å²) >= 11 is 11.5. The largest absolute Gasteiger partial charge is 0.486 e. The minimum absolute atomic E-state index is 0.0337. The van der Waals surface area contributed by atoms with Crippen molar-refractivity contribution in [3.8, 4) is 5.75 Å². The zero-order chi connectivity index (χ0) is 22.7. The average Bonchev–Trinajstić information content (AvgIpc) is 3.07. The summed E-state index contributed by atoms with van der Waals surface area (Å²) in [6, 6.07) is 18.2. The molecular formula is C25H22BrClN2O2S. The fraction of sp³-hybridized carbons (Fsp3) is 0.200. The predicted octanol–water partition coefficient (Wildman–Crippen LogP) is 7.15. The van der Waals surface area contributed by atoms with Crippen molar-refractivity contribution >= 4 is 67.2 Å². The Hall–Kier alpha value is -2.28. The highest BCUT2D eigenvalue weighted by atomic mass is 79.9. The molecule has 1 amide bonds. The second-order valence-electron chi connectivity index (χ2n) is 7.20. The highest BCUT2D eigenvalue weighted by Gasteiger charge is 2.31. The number of carbonyl (C=O) groups is 1. The molecule has 0 spiro atoms. The number of rotatable bonds is 6. The summed E-state index contributed by atoms with van der Waals surface area (Å²) in [7, 11) is 0. The van der Waals surface area contributed by atoms with Gasteiger partial charge in [-0.25, -0.2) is 0 Å². The van der Waals surface area contributed by atoms with E-state index in [2.05, 4.69) is 51.3 Å². The Morgan fingerprint density at radius 1 is 1.12 bits per heavy atom. The standard InChI is InChI=1S/C25H22BrClN2O2S/c1-3-28-25-29(4-2)24(30)22(32-25)14-17-12-20(26)23(21(27)13-17)31-15-16-9-10-18-7-5-6-8-19(18)11-16/h5-14H,3-4,15H2,1-2H3/b22-14-,28-25?. The van der Waals surface area contributed by atoms with Crippen LogP contribution in [0.25, 0.3) is 16.8 Å². The fourth-order valence-electron chi connectivity index (χ4n) is 3.48. The normalized spacial score (nSPS) is 16.5. The molecule has 32 heavy (non-hydrogen) atoms. The number of aliphatic imine (C=N–C) groups is 1. The minimum atomic E-state index is -0.0337. The summed E-state index contributed by atoms with van der Waals surface area (Å²) in [5.74, 6) is 0.546. The maximum Gasteiger partial charge on any atom is 0.266 e. The van der Waals surface area contributed by atoms with Gasteiger partial charge < -0.3 is 4.74 Å². The third kappa shape index (κ3) is 4.87. The zero-order valence-electron chi connectivity index (χ0n) is 17.8. The number of amides is 1. The van der Waals surface area contributed by atoms with Crippen molar-refractivity contribution in [3.63, 3.8) is 0 Å². The molecular weight excluding hydrogens is 508 g/mol. The van der Waals surface area contributed by atoms with Crippen molar-refractivity contribution in [2.45, 2.75) is 20.5 Å². The number of thioether (sulfide) groups is 1. The van der Waals surface area contributed by atoms with Crippen LogP contribution in [0.1, 0.15) is 25.0 Å². The Bertz CT molecular complexity index is 1220. The van der Waals surface area contributed by atoms with Crippen LogP contribution in [0.5, 0.6) is 5.75 Å². The summed E-state index contributed by atoms with van der Waals surface area (Å²) in [6.07, 6.45) is 1.84. The molecule has 0 radical (unpaired) electrons. The van der Waals surface area contributed by atoms with Gasteiger partial charge in [0.05, 0.1) is 14.4 Å². The van der Waals surface area contributed by atoms with E-state index in [4.69, 9.17) is 16.3 Å². The van der Waals surface area contributed by atoms with Crippen LogP contribution in [-0.2, 0) is 11.4 Å². The first-order chi connectivity index (χ1) is 15.5. The molecule has 0 atom stereocenters. The number of nitrogens with zero attached hydrogens (tertiary/aromatic N) is 2. The van der Waals surface area contributed by atoms with Gasteiger partial charge in [-0.3, -0.25) is 14.7 Å². The average molecular weight is 530 g/mol. The molecule has 0 unspecified atom stereocenters. The Labute approximate surface area is 205 Å². The predicted molar refractivity (Wildman–Crippen MR) is 138 cm³/mol. The molecule has 4 rings (SSSR count). The summed E-state index contributed by atoms with van der Waals surface area (Å²) in [5, 5.41) is 3.59. The van der Waals surface area contributed by atoms with Crippen molar-refractivity contribution in [3.05, 3.63) is 80.1 Å². The first kappa shape index (κ1) is 22.9. The molecule has 4 nitrogen and oxygen atoms in total. The van der Waals surface area contributed by atoms with E-state index in [1.807, 2.05) is 44.2 Å². The van der Waals surface area contributed by atoms with Gasteiger partial charge in [0.2, 0.25) is 0 Å². The lowest BCUT2D eigenvalue weighted by Gasteiger charge is -2.12. The van der Waals surface area contributed by atoms with Gasteiger partial charge in [-0.05, 0) is 87.7 Å². The van der Waals surface area contributed by atoms with Gasteiger partial charge in [0.15, 0.2) is 10.9 Å². The molecule has 3 aromatic rings. The zero-order valence-corrected chi connectivity index (χ0v) is 20.9. The number of ether oxygens (including phenoxy) is 1. The van der Waals surface area contributed by atoms with Crippen LogP contribution in [0.4, 0.5) is 0 Å². The van der Waals surface area contributed by atoms with Gasteiger partial charge in [-0.15, -0.1) is 0 Å². The van der Waals surface area contributed by atoms with E-state index in [1.54, 1.807) is 4.90 Å². The number of carbonyl (C=O) groups excluding carboxylic acids is 1. The van der Waals surface area contributed by atoms with E-state index in [-0.39, 0.29) is 5.91 Å². The number of amidine groups is 1. The van der Waals surface area contributed by atoms with E-state index in [0.29, 0.717) is 35.4 Å². The van der Waals surface area contributed by atoms with Gasteiger partial charge in [0.1, 0.15) is 6.61 Å². The van der Waals surface area contributed by atoms with Crippen LogP contribution >= 0.6 is 39.3 Å². The quantitative estimate of drug-likeness (QED) is 0.319. The molecule has 0 bridgehead atoms.